The Morgan fingerprint density at radius 1 is 1.21 bits per heavy atom. The van der Waals surface area contributed by atoms with E-state index in [1.807, 2.05) is 11.8 Å². The molecular weight excluding hydrogens is 414 g/mol. The zero-order valence-electron chi connectivity index (χ0n) is 10.6. The highest BCUT2D eigenvalue weighted by molar-refractivity contribution is 9.11. The number of halogens is 2. The van der Waals surface area contributed by atoms with Gasteiger partial charge in [0, 0.05) is 32.5 Å². The lowest BCUT2D eigenvalue weighted by Crippen LogP contribution is -2.44. The minimum Gasteiger partial charge on any atom is -0.207 e. The summed E-state index contributed by atoms with van der Waals surface area (Å²) < 4.78 is 28.4. The van der Waals surface area contributed by atoms with Gasteiger partial charge in [0.1, 0.15) is 0 Å². The Hall–Kier alpha value is 0.440. The van der Waals surface area contributed by atoms with E-state index in [0.29, 0.717) is 33.0 Å². The van der Waals surface area contributed by atoms with Crippen molar-refractivity contribution in [3.8, 4) is 0 Å². The molecule has 0 aromatic heterocycles. The number of hydrogen-bond donors (Lipinski definition) is 0. The Bertz CT molecular complexity index is 567. The fraction of sp³-hybridized carbons (Fsp3) is 0.500. The normalized spacial score (nSPS) is 25.5. The van der Waals surface area contributed by atoms with Crippen LogP contribution in [0.5, 0.6) is 0 Å². The quantitative estimate of drug-likeness (QED) is 0.720. The molecule has 7 heteroatoms. The molecule has 1 saturated heterocycles. The van der Waals surface area contributed by atoms with E-state index in [4.69, 9.17) is 0 Å². The van der Waals surface area contributed by atoms with E-state index in [-0.39, 0.29) is 0 Å². The first-order valence-electron chi connectivity index (χ1n) is 5.91. The largest absolute Gasteiger partial charge is 0.244 e. The van der Waals surface area contributed by atoms with Crippen molar-refractivity contribution in [2.75, 3.05) is 13.1 Å². The van der Waals surface area contributed by atoms with Gasteiger partial charge in [-0.15, -0.1) is 0 Å². The Balaban J connectivity index is 2.36. The lowest BCUT2D eigenvalue weighted by Gasteiger charge is -2.33. The van der Waals surface area contributed by atoms with Crippen molar-refractivity contribution >= 4 is 53.6 Å². The van der Waals surface area contributed by atoms with Crippen molar-refractivity contribution in [2.45, 2.75) is 29.2 Å². The topological polar surface area (TPSA) is 37.4 Å². The molecule has 19 heavy (non-hydrogen) atoms. The summed E-state index contributed by atoms with van der Waals surface area (Å²) in [6.07, 6.45) is 0. The molecule has 0 radical (unpaired) electrons. The summed E-state index contributed by atoms with van der Waals surface area (Å²) in [6.45, 7) is 5.28. The van der Waals surface area contributed by atoms with E-state index in [1.54, 1.807) is 22.5 Å². The van der Waals surface area contributed by atoms with E-state index < -0.39 is 10.0 Å². The van der Waals surface area contributed by atoms with Crippen molar-refractivity contribution in [1.29, 1.82) is 0 Å². The molecule has 0 saturated carbocycles. The van der Waals surface area contributed by atoms with Crippen LogP contribution in [0.2, 0.25) is 0 Å². The molecule has 106 valence electrons. The molecule has 1 aliphatic rings. The second kappa shape index (κ2) is 6.05. The predicted molar refractivity (Wildman–Crippen MR) is 87.1 cm³/mol. The van der Waals surface area contributed by atoms with Gasteiger partial charge in [-0.05, 0) is 34.1 Å². The zero-order chi connectivity index (χ0) is 14.2. The van der Waals surface area contributed by atoms with Crippen LogP contribution in [0, 0.1) is 0 Å². The number of nitrogens with zero attached hydrogens (tertiary/aromatic N) is 1. The van der Waals surface area contributed by atoms with Crippen LogP contribution < -0.4 is 0 Å². The molecule has 3 nitrogen and oxygen atoms in total. The molecule has 1 aliphatic heterocycles. The molecule has 0 bridgehead atoms. The molecular formula is C12H15Br2NO2S2. The third-order valence-corrected chi connectivity index (χ3v) is 7.43. The van der Waals surface area contributed by atoms with Gasteiger partial charge < -0.3 is 0 Å². The molecule has 0 spiro atoms. The van der Waals surface area contributed by atoms with Crippen LogP contribution in [0.15, 0.2) is 32.0 Å². The van der Waals surface area contributed by atoms with Crippen LogP contribution in [-0.4, -0.2) is 36.3 Å². The van der Waals surface area contributed by atoms with Gasteiger partial charge in [0.2, 0.25) is 10.0 Å². The first-order valence-corrected chi connectivity index (χ1v) is 9.88. The number of hydrogen-bond acceptors (Lipinski definition) is 3. The van der Waals surface area contributed by atoms with Crippen molar-refractivity contribution in [2.24, 2.45) is 0 Å². The third-order valence-electron chi connectivity index (χ3n) is 2.90. The first-order chi connectivity index (χ1) is 8.80. The second-order valence-electron chi connectivity index (χ2n) is 4.65. The van der Waals surface area contributed by atoms with E-state index in [1.165, 1.54) is 0 Å². The molecule has 0 N–H and O–H groups in total. The molecule has 1 aromatic rings. The Morgan fingerprint density at radius 2 is 1.79 bits per heavy atom. The van der Waals surface area contributed by atoms with Gasteiger partial charge in [-0.2, -0.15) is 16.1 Å². The Labute approximate surface area is 135 Å². The summed E-state index contributed by atoms with van der Waals surface area (Å²) in [5.74, 6) is 0. The average Bonchev–Trinajstić information content (AvgIpc) is 2.26. The third kappa shape index (κ3) is 3.56. The number of sulfonamides is 1. The molecule has 1 fully saturated rings. The minimum atomic E-state index is -3.42. The van der Waals surface area contributed by atoms with Gasteiger partial charge in [-0.3, -0.25) is 0 Å². The van der Waals surface area contributed by atoms with Gasteiger partial charge in [0.25, 0.3) is 0 Å². The first kappa shape index (κ1) is 15.8. The number of rotatable bonds is 2. The van der Waals surface area contributed by atoms with Crippen LogP contribution in [0.25, 0.3) is 0 Å². The summed E-state index contributed by atoms with van der Waals surface area (Å²) in [5.41, 5.74) is 0. The van der Waals surface area contributed by atoms with E-state index in [2.05, 4.69) is 45.7 Å². The minimum absolute atomic E-state index is 0.327. The number of benzene rings is 1. The monoisotopic (exact) mass is 427 g/mol. The Morgan fingerprint density at radius 3 is 2.32 bits per heavy atom. The van der Waals surface area contributed by atoms with Crippen LogP contribution in [-0.2, 0) is 10.0 Å². The molecule has 1 aromatic carbocycles. The smallest absolute Gasteiger partial charge is 0.207 e. The summed E-state index contributed by atoms with van der Waals surface area (Å²) >= 11 is 8.51. The maximum atomic E-state index is 12.7. The summed E-state index contributed by atoms with van der Waals surface area (Å²) in [4.78, 5) is 0.335. The van der Waals surface area contributed by atoms with Crippen molar-refractivity contribution in [1.82, 2.24) is 4.31 Å². The molecule has 2 atom stereocenters. The van der Waals surface area contributed by atoms with Crippen LogP contribution in [0.4, 0.5) is 0 Å². The van der Waals surface area contributed by atoms with Gasteiger partial charge >= 0.3 is 0 Å². The molecule has 0 aliphatic carbocycles. The molecule has 0 amide bonds. The van der Waals surface area contributed by atoms with Crippen molar-refractivity contribution in [3.05, 3.63) is 27.1 Å². The van der Waals surface area contributed by atoms with Crippen molar-refractivity contribution in [3.63, 3.8) is 0 Å². The van der Waals surface area contributed by atoms with Crippen LogP contribution in [0.1, 0.15) is 13.8 Å². The SMILES string of the molecule is CC1CN(S(=O)(=O)c2ccc(Br)cc2Br)CC(C)S1. The fourth-order valence-corrected chi connectivity index (χ4v) is 6.99. The highest BCUT2D eigenvalue weighted by atomic mass is 79.9. The summed E-state index contributed by atoms with van der Waals surface area (Å²) in [6, 6.07) is 5.15. The average molecular weight is 429 g/mol. The predicted octanol–water partition coefficient (Wildman–Crippen LogP) is 3.73. The van der Waals surface area contributed by atoms with E-state index in [0.717, 1.165) is 4.47 Å². The standard InChI is InChI=1S/C12H15Br2NO2S2/c1-8-6-15(7-9(2)18-8)19(16,17)12-4-3-10(13)5-11(12)14/h3-5,8-9H,6-7H2,1-2H3. The van der Waals surface area contributed by atoms with Crippen molar-refractivity contribution < 1.29 is 8.42 Å². The lowest BCUT2D eigenvalue weighted by atomic mass is 10.4. The fourth-order valence-electron chi connectivity index (χ4n) is 2.15. The molecule has 1 heterocycles. The van der Waals surface area contributed by atoms with Crippen LogP contribution >= 0.6 is 43.6 Å². The van der Waals surface area contributed by atoms with Gasteiger partial charge in [0.05, 0.1) is 4.90 Å². The van der Waals surface area contributed by atoms with Gasteiger partial charge in [0.15, 0.2) is 0 Å². The maximum Gasteiger partial charge on any atom is 0.244 e. The number of thioether (sulfide) groups is 1. The lowest BCUT2D eigenvalue weighted by molar-refractivity contribution is 0.404. The molecule has 2 unspecified atom stereocenters. The summed E-state index contributed by atoms with van der Waals surface area (Å²) in [7, 11) is -3.42. The van der Waals surface area contributed by atoms with E-state index >= 15 is 0 Å². The van der Waals surface area contributed by atoms with Gasteiger partial charge in [-0.1, -0.05) is 29.8 Å². The summed E-state index contributed by atoms with van der Waals surface area (Å²) in [5, 5.41) is 0.653. The highest BCUT2D eigenvalue weighted by Gasteiger charge is 2.33. The second-order valence-corrected chi connectivity index (χ2v) is 10.2. The maximum absolute atomic E-state index is 12.7. The van der Waals surface area contributed by atoms with Gasteiger partial charge in [-0.25, -0.2) is 8.42 Å². The Kier molecular flexibility index (Phi) is 5.04. The molecule has 2 rings (SSSR count). The van der Waals surface area contributed by atoms with Crippen LogP contribution in [0.3, 0.4) is 0 Å². The van der Waals surface area contributed by atoms with E-state index in [9.17, 15) is 8.42 Å². The zero-order valence-corrected chi connectivity index (χ0v) is 15.4. The highest BCUT2D eigenvalue weighted by Crippen LogP contribution is 2.32.